The molecule has 154 valence electrons. The van der Waals surface area contributed by atoms with Crippen LogP contribution in [0.3, 0.4) is 0 Å². The van der Waals surface area contributed by atoms with Crippen molar-refractivity contribution in [2.45, 2.75) is 19.4 Å². The number of nitrogens with one attached hydrogen (secondary N) is 1. The summed E-state index contributed by atoms with van der Waals surface area (Å²) in [5.74, 6) is -1.10. The van der Waals surface area contributed by atoms with Crippen LogP contribution in [0.2, 0.25) is 5.02 Å². The quantitative estimate of drug-likeness (QED) is 0.575. The van der Waals surface area contributed by atoms with E-state index in [9.17, 15) is 14.7 Å². The highest BCUT2D eigenvalue weighted by molar-refractivity contribution is 6.31. The second kappa shape index (κ2) is 9.41. The molecule has 1 aromatic heterocycles. The van der Waals surface area contributed by atoms with Gasteiger partial charge in [-0.3, -0.25) is 9.59 Å². The molecule has 3 rings (SSSR count). The Morgan fingerprint density at radius 2 is 1.83 bits per heavy atom. The molecule has 0 spiro atoms. The third-order valence-electron chi connectivity index (χ3n) is 4.71. The molecule has 0 unspecified atom stereocenters. The van der Waals surface area contributed by atoms with Crippen LogP contribution in [-0.2, 0) is 4.79 Å². The largest absolute Gasteiger partial charge is 0.481 e. The standard InChI is InChI=1S/C23H21ClN2O4/c1-14-7-3-4-8-16(14)18-11-15(13-25-23(18)30-2)22(29)26-20(12-21(27)28)17-9-5-6-10-19(17)24/h3-11,13,20H,12H2,1-2H3,(H,26,29)(H,27,28)/t20-/m0/s1. The maximum absolute atomic E-state index is 13.0. The van der Waals surface area contributed by atoms with Gasteiger partial charge < -0.3 is 15.2 Å². The summed E-state index contributed by atoms with van der Waals surface area (Å²) in [5.41, 5.74) is 3.41. The van der Waals surface area contributed by atoms with Gasteiger partial charge in [-0.15, -0.1) is 0 Å². The van der Waals surface area contributed by atoms with Crippen LogP contribution in [0.15, 0.2) is 60.8 Å². The van der Waals surface area contributed by atoms with E-state index in [0.717, 1.165) is 11.1 Å². The summed E-state index contributed by atoms with van der Waals surface area (Å²) in [6, 6.07) is 15.5. The van der Waals surface area contributed by atoms with Gasteiger partial charge in [-0.05, 0) is 35.7 Å². The van der Waals surface area contributed by atoms with Crippen LogP contribution in [-0.4, -0.2) is 29.1 Å². The fourth-order valence-electron chi connectivity index (χ4n) is 3.22. The van der Waals surface area contributed by atoms with Crippen molar-refractivity contribution in [1.82, 2.24) is 10.3 Å². The number of halogens is 1. The van der Waals surface area contributed by atoms with E-state index in [1.807, 2.05) is 31.2 Å². The number of aromatic nitrogens is 1. The fraction of sp³-hybridized carbons (Fsp3) is 0.174. The summed E-state index contributed by atoms with van der Waals surface area (Å²) >= 11 is 6.22. The second-order valence-electron chi connectivity index (χ2n) is 6.74. The maximum atomic E-state index is 13.0. The van der Waals surface area contributed by atoms with Gasteiger partial charge in [0.1, 0.15) is 0 Å². The Hall–Kier alpha value is -3.38. The highest BCUT2D eigenvalue weighted by Crippen LogP contribution is 2.31. The molecule has 2 N–H and O–H groups in total. The number of hydrogen-bond acceptors (Lipinski definition) is 4. The Morgan fingerprint density at radius 3 is 2.50 bits per heavy atom. The Kier molecular flexibility index (Phi) is 6.69. The molecular weight excluding hydrogens is 404 g/mol. The number of carbonyl (C=O) groups excluding carboxylic acids is 1. The predicted octanol–water partition coefficient (Wildman–Crippen LogP) is 4.66. The molecule has 0 radical (unpaired) electrons. The monoisotopic (exact) mass is 424 g/mol. The molecule has 0 saturated heterocycles. The van der Waals surface area contributed by atoms with Crippen molar-refractivity contribution >= 4 is 23.5 Å². The highest BCUT2D eigenvalue weighted by Gasteiger charge is 2.22. The Morgan fingerprint density at radius 1 is 1.13 bits per heavy atom. The minimum atomic E-state index is -1.05. The molecular formula is C23H21ClN2O4. The van der Waals surface area contributed by atoms with E-state index in [1.165, 1.54) is 13.3 Å². The van der Waals surface area contributed by atoms with E-state index < -0.39 is 17.9 Å². The normalized spacial score (nSPS) is 11.6. The van der Waals surface area contributed by atoms with Crippen LogP contribution in [0.5, 0.6) is 5.88 Å². The van der Waals surface area contributed by atoms with Gasteiger partial charge in [0.25, 0.3) is 5.91 Å². The summed E-state index contributed by atoms with van der Waals surface area (Å²) in [6.45, 7) is 1.96. The highest BCUT2D eigenvalue weighted by atomic mass is 35.5. The first-order chi connectivity index (χ1) is 14.4. The van der Waals surface area contributed by atoms with E-state index in [2.05, 4.69) is 10.3 Å². The number of benzene rings is 2. The number of nitrogens with zero attached hydrogens (tertiary/aromatic N) is 1. The van der Waals surface area contributed by atoms with Crippen LogP contribution in [0.4, 0.5) is 0 Å². The van der Waals surface area contributed by atoms with Crippen molar-refractivity contribution < 1.29 is 19.4 Å². The smallest absolute Gasteiger partial charge is 0.305 e. The number of aliphatic carboxylic acids is 1. The van der Waals surface area contributed by atoms with Crippen molar-refractivity contribution in [2.75, 3.05) is 7.11 Å². The van der Waals surface area contributed by atoms with E-state index >= 15 is 0 Å². The Labute approximate surface area is 179 Å². The number of carboxylic acids is 1. The van der Waals surface area contributed by atoms with Gasteiger partial charge in [0.05, 0.1) is 25.1 Å². The van der Waals surface area contributed by atoms with E-state index in [0.29, 0.717) is 22.0 Å². The number of ether oxygens (including phenoxy) is 1. The average molecular weight is 425 g/mol. The molecule has 6 nitrogen and oxygen atoms in total. The number of carbonyl (C=O) groups is 2. The number of pyridine rings is 1. The van der Waals surface area contributed by atoms with Gasteiger partial charge in [0.15, 0.2) is 0 Å². The van der Waals surface area contributed by atoms with Gasteiger partial charge in [-0.25, -0.2) is 4.98 Å². The summed E-state index contributed by atoms with van der Waals surface area (Å²) < 4.78 is 5.37. The van der Waals surface area contributed by atoms with Crippen molar-refractivity contribution in [3.63, 3.8) is 0 Å². The molecule has 2 aromatic carbocycles. The Balaban J connectivity index is 1.96. The molecule has 0 aliphatic carbocycles. The predicted molar refractivity (Wildman–Crippen MR) is 115 cm³/mol. The minimum Gasteiger partial charge on any atom is -0.481 e. The third-order valence-corrected chi connectivity index (χ3v) is 5.05. The first-order valence-corrected chi connectivity index (χ1v) is 9.65. The first kappa shape index (κ1) is 21.3. The van der Waals surface area contributed by atoms with Gasteiger partial charge >= 0.3 is 5.97 Å². The summed E-state index contributed by atoms with van der Waals surface area (Å²) in [6.07, 6.45) is 1.10. The van der Waals surface area contributed by atoms with Crippen LogP contribution in [0.1, 0.15) is 33.9 Å². The third kappa shape index (κ3) is 4.78. The van der Waals surface area contributed by atoms with Crippen LogP contribution >= 0.6 is 11.6 Å². The van der Waals surface area contributed by atoms with Crippen LogP contribution in [0.25, 0.3) is 11.1 Å². The van der Waals surface area contributed by atoms with Crippen molar-refractivity contribution in [1.29, 1.82) is 0 Å². The van der Waals surface area contributed by atoms with Gasteiger partial charge in [0.2, 0.25) is 5.88 Å². The molecule has 30 heavy (non-hydrogen) atoms. The fourth-order valence-corrected chi connectivity index (χ4v) is 3.49. The molecule has 7 heteroatoms. The van der Waals surface area contributed by atoms with E-state index in [4.69, 9.17) is 16.3 Å². The molecule has 1 amide bonds. The molecule has 0 bridgehead atoms. The van der Waals surface area contributed by atoms with Crippen LogP contribution in [0, 0.1) is 6.92 Å². The number of amides is 1. The lowest BCUT2D eigenvalue weighted by molar-refractivity contribution is -0.137. The molecule has 0 aliphatic heterocycles. The van der Waals surface area contributed by atoms with Crippen molar-refractivity contribution in [2.24, 2.45) is 0 Å². The minimum absolute atomic E-state index is 0.288. The molecule has 0 fully saturated rings. The van der Waals surface area contributed by atoms with Crippen molar-refractivity contribution in [3.05, 3.63) is 82.5 Å². The number of aryl methyl sites for hydroxylation is 1. The molecule has 1 atom stereocenters. The topological polar surface area (TPSA) is 88.5 Å². The lowest BCUT2D eigenvalue weighted by atomic mass is 9.99. The van der Waals surface area contributed by atoms with Gasteiger partial charge in [0, 0.05) is 16.8 Å². The zero-order valence-corrected chi connectivity index (χ0v) is 17.3. The van der Waals surface area contributed by atoms with E-state index in [1.54, 1.807) is 30.3 Å². The number of rotatable bonds is 7. The number of carboxylic acid groups (broad SMARTS) is 1. The average Bonchev–Trinajstić information content (AvgIpc) is 2.73. The maximum Gasteiger partial charge on any atom is 0.305 e. The van der Waals surface area contributed by atoms with Gasteiger partial charge in [-0.2, -0.15) is 0 Å². The SMILES string of the molecule is COc1ncc(C(=O)N[C@@H](CC(=O)O)c2ccccc2Cl)cc1-c1ccccc1C. The first-order valence-electron chi connectivity index (χ1n) is 9.27. The molecule has 0 saturated carbocycles. The zero-order valence-electron chi connectivity index (χ0n) is 16.6. The molecule has 0 aliphatic rings. The summed E-state index contributed by atoms with van der Waals surface area (Å²) in [5, 5.41) is 12.4. The molecule has 1 heterocycles. The Bertz CT molecular complexity index is 1080. The molecule has 3 aromatic rings. The van der Waals surface area contributed by atoms with Crippen LogP contribution < -0.4 is 10.1 Å². The second-order valence-corrected chi connectivity index (χ2v) is 7.15. The van der Waals surface area contributed by atoms with Gasteiger partial charge in [-0.1, -0.05) is 54.1 Å². The van der Waals surface area contributed by atoms with Crippen molar-refractivity contribution in [3.8, 4) is 17.0 Å². The van der Waals surface area contributed by atoms with E-state index in [-0.39, 0.29) is 12.0 Å². The lowest BCUT2D eigenvalue weighted by Gasteiger charge is -2.19. The zero-order chi connectivity index (χ0) is 21.7. The summed E-state index contributed by atoms with van der Waals surface area (Å²) in [7, 11) is 1.52. The summed E-state index contributed by atoms with van der Waals surface area (Å²) in [4.78, 5) is 28.6. The lowest BCUT2D eigenvalue weighted by Crippen LogP contribution is -2.30. The number of hydrogen-bond donors (Lipinski definition) is 2. The number of methoxy groups -OCH3 is 1.